The molecule has 190 valence electrons. The number of piperidine rings is 1. The van der Waals surface area contributed by atoms with Gasteiger partial charge < -0.3 is 9.80 Å². The number of carbonyl (C=O) groups is 1. The van der Waals surface area contributed by atoms with Crippen molar-refractivity contribution in [2.45, 2.75) is 77.2 Å². The number of fused-ring (bicyclic) bond motifs is 1. The molecule has 0 N–H and O–H groups in total. The molecule has 1 aromatic heterocycles. The van der Waals surface area contributed by atoms with Gasteiger partial charge in [-0.15, -0.1) is 0 Å². The molecule has 1 saturated heterocycles. The number of likely N-dealkylation sites (tertiary alicyclic amines) is 1. The normalized spacial score (nSPS) is 26.3. The Bertz CT molecular complexity index is 1040. The SMILES string of the molecule is CC(C)[C@]1(C(=O)N2CCc3ccc(C(F)(F)F)cc3C2)CCC(N2CCC(n3cccn3)CC2)C1. The van der Waals surface area contributed by atoms with Crippen LogP contribution in [0.5, 0.6) is 0 Å². The highest BCUT2D eigenvalue weighted by Crippen LogP contribution is 2.48. The van der Waals surface area contributed by atoms with Gasteiger partial charge in [-0.2, -0.15) is 18.3 Å². The Hall–Kier alpha value is -2.35. The molecule has 8 heteroatoms. The molecule has 5 rings (SSSR count). The maximum atomic E-state index is 14.0. The Kier molecular flexibility index (Phi) is 6.45. The second-order valence-corrected chi connectivity index (χ2v) is 10.9. The van der Waals surface area contributed by atoms with E-state index in [1.165, 1.54) is 6.07 Å². The number of amides is 1. The molecule has 2 fully saturated rings. The first-order valence-electron chi connectivity index (χ1n) is 12.9. The van der Waals surface area contributed by atoms with Crippen LogP contribution in [0, 0.1) is 11.3 Å². The van der Waals surface area contributed by atoms with E-state index < -0.39 is 17.2 Å². The third-order valence-electron chi connectivity index (χ3n) is 8.80. The fourth-order valence-corrected chi connectivity index (χ4v) is 6.56. The standard InChI is InChI=1S/C27H35F3N4O/c1-19(2)26(10-6-24(17-26)32-14-8-23(9-15-32)34-12-3-11-31-34)25(35)33-13-7-20-4-5-22(27(28,29)30)16-21(20)18-33/h3-5,11-12,16,19,23-24H,6-10,13-15,17-18H2,1-2H3/t24?,26-/m0/s1. The van der Waals surface area contributed by atoms with Gasteiger partial charge in [0.25, 0.3) is 0 Å². The highest BCUT2D eigenvalue weighted by molar-refractivity contribution is 5.84. The van der Waals surface area contributed by atoms with E-state index in [1.54, 1.807) is 6.07 Å². The molecule has 3 heterocycles. The van der Waals surface area contributed by atoms with Gasteiger partial charge in [-0.3, -0.25) is 9.48 Å². The van der Waals surface area contributed by atoms with Crippen LogP contribution in [0.1, 0.15) is 68.7 Å². The van der Waals surface area contributed by atoms with E-state index in [2.05, 4.69) is 28.5 Å². The van der Waals surface area contributed by atoms with Gasteiger partial charge in [0.2, 0.25) is 5.91 Å². The Morgan fingerprint density at radius 3 is 2.51 bits per heavy atom. The second kappa shape index (κ2) is 9.26. The largest absolute Gasteiger partial charge is 0.416 e. The Balaban J connectivity index is 1.27. The molecule has 0 radical (unpaired) electrons. The van der Waals surface area contributed by atoms with Gasteiger partial charge in [0.05, 0.1) is 17.0 Å². The van der Waals surface area contributed by atoms with Crippen LogP contribution in [0.4, 0.5) is 13.2 Å². The molecule has 0 spiro atoms. The first kappa shape index (κ1) is 24.3. The first-order chi connectivity index (χ1) is 16.7. The van der Waals surface area contributed by atoms with Crippen molar-refractivity contribution in [3.63, 3.8) is 0 Å². The van der Waals surface area contributed by atoms with Crippen molar-refractivity contribution in [3.05, 3.63) is 53.3 Å². The van der Waals surface area contributed by atoms with Crippen LogP contribution in [-0.4, -0.2) is 51.2 Å². The molecule has 1 saturated carbocycles. The van der Waals surface area contributed by atoms with Crippen LogP contribution >= 0.6 is 0 Å². The zero-order valence-electron chi connectivity index (χ0n) is 20.6. The fraction of sp³-hybridized carbons (Fsp3) is 0.630. The summed E-state index contributed by atoms with van der Waals surface area (Å²) in [5, 5.41) is 4.40. The predicted octanol–water partition coefficient (Wildman–Crippen LogP) is 5.32. The summed E-state index contributed by atoms with van der Waals surface area (Å²) in [6.45, 7) is 7.12. The second-order valence-electron chi connectivity index (χ2n) is 10.9. The van der Waals surface area contributed by atoms with E-state index in [9.17, 15) is 18.0 Å². The summed E-state index contributed by atoms with van der Waals surface area (Å²) in [6.07, 6.45) is 4.90. The summed E-state index contributed by atoms with van der Waals surface area (Å²) >= 11 is 0. The predicted molar refractivity (Wildman–Crippen MR) is 128 cm³/mol. The van der Waals surface area contributed by atoms with Crippen molar-refractivity contribution >= 4 is 5.91 Å². The highest BCUT2D eigenvalue weighted by Gasteiger charge is 2.51. The Morgan fingerprint density at radius 1 is 1.09 bits per heavy atom. The van der Waals surface area contributed by atoms with E-state index in [1.807, 2.05) is 23.4 Å². The fourth-order valence-electron chi connectivity index (χ4n) is 6.56. The van der Waals surface area contributed by atoms with Gasteiger partial charge in [0.15, 0.2) is 0 Å². The van der Waals surface area contributed by atoms with Gasteiger partial charge in [0.1, 0.15) is 0 Å². The average molecular weight is 489 g/mol. The van der Waals surface area contributed by atoms with Gasteiger partial charge in [-0.1, -0.05) is 19.9 Å². The smallest absolute Gasteiger partial charge is 0.338 e. The number of halogens is 3. The molecule has 2 atom stereocenters. The lowest BCUT2D eigenvalue weighted by molar-refractivity contribution is -0.146. The van der Waals surface area contributed by atoms with E-state index in [0.29, 0.717) is 30.6 Å². The topological polar surface area (TPSA) is 41.4 Å². The molecule has 2 aromatic rings. The summed E-state index contributed by atoms with van der Waals surface area (Å²) in [5.41, 5.74) is 0.477. The zero-order chi connectivity index (χ0) is 24.8. The lowest BCUT2D eigenvalue weighted by Gasteiger charge is -2.41. The van der Waals surface area contributed by atoms with Crippen molar-refractivity contribution in [1.29, 1.82) is 0 Å². The third kappa shape index (κ3) is 4.61. The van der Waals surface area contributed by atoms with Crippen molar-refractivity contribution in [2.24, 2.45) is 11.3 Å². The van der Waals surface area contributed by atoms with Crippen LogP contribution in [0.25, 0.3) is 0 Å². The lowest BCUT2D eigenvalue weighted by atomic mass is 9.73. The molecule has 0 bridgehead atoms. The minimum Gasteiger partial charge on any atom is -0.338 e. The van der Waals surface area contributed by atoms with Crippen LogP contribution in [0.15, 0.2) is 36.7 Å². The molecule has 1 unspecified atom stereocenters. The summed E-state index contributed by atoms with van der Waals surface area (Å²) in [6, 6.07) is 6.76. The summed E-state index contributed by atoms with van der Waals surface area (Å²) in [4.78, 5) is 18.3. The zero-order valence-corrected chi connectivity index (χ0v) is 20.6. The van der Waals surface area contributed by atoms with Crippen molar-refractivity contribution in [1.82, 2.24) is 19.6 Å². The molecule has 3 aliphatic rings. The van der Waals surface area contributed by atoms with Gasteiger partial charge in [-0.25, -0.2) is 0 Å². The first-order valence-corrected chi connectivity index (χ1v) is 12.9. The molecule has 1 amide bonds. The molecular weight excluding hydrogens is 453 g/mol. The number of carbonyl (C=O) groups excluding carboxylic acids is 1. The maximum Gasteiger partial charge on any atom is 0.416 e. The van der Waals surface area contributed by atoms with Crippen molar-refractivity contribution in [3.8, 4) is 0 Å². The van der Waals surface area contributed by atoms with Gasteiger partial charge in [0, 0.05) is 44.6 Å². The molecule has 35 heavy (non-hydrogen) atoms. The number of rotatable bonds is 4. The summed E-state index contributed by atoms with van der Waals surface area (Å²) < 4.78 is 41.8. The average Bonchev–Trinajstić information content (AvgIpc) is 3.54. The number of aromatic nitrogens is 2. The minimum atomic E-state index is -4.37. The van der Waals surface area contributed by atoms with Crippen LogP contribution in [0.2, 0.25) is 0 Å². The Labute approximate surface area is 205 Å². The number of hydrogen-bond acceptors (Lipinski definition) is 3. The quantitative estimate of drug-likeness (QED) is 0.585. The monoisotopic (exact) mass is 488 g/mol. The van der Waals surface area contributed by atoms with E-state index in [4.69, 9.17) is 0 Å². The molecule has 1 aliphatic carbocycles. The van der Waals surface area contributed by atoms with Crippen LogP contribution in [0.3, 0.4) is 0 Å². The molecule has 2 aliphatic heterocycles. The molecule has 5 nitrogen and oxygen atoms in total. The number of nitrogens with zero attached hydrogens (tertiary/aromatic N) is 4. The summed E-state index contributed by atoms with van der Waals surface area (Å²) in [7, 11) is 0. The van der Waals surface area contributed by atoms with Gasteiger partial charge >= 0.3 is 6.18 Å². The number of alkyl halides is 3. The number of hydrogen-bond donors (Lipinski definition) is 0. The molecule has 1 aromatic carbocycles. The van der Waals surface area contributed by atoms with Crippen LogP contribution in [-0.2, 0) is 23.9 Å². The lowest BCUT2D eigenvalue weighted by Crippen LogP contribution is -2.49. The van der Waals surface area contributed by atoms with E-state index in [-0.39, 0.29) is 18.4 Å². The highest BCUT2D eigenvalue weighted by atomic mass is 19.4. The number of benzene rings is 1. The summed E-state index contributed by atoms with van der Waals surface area (Å²) in [5.74, 6) is 0.314. The van der Waals surface area contributed by atoms with Gasteiger partial charge in [-0.05, 0) is 73.8 Å². The van der Waals surface area contributed by atoms with Crippen molar-refractivity contribution in [2.75, 3.05) is 19.6 Å². The van der Waals surface area contributed by atoms with Crippen LogP contribution < -0.4 is 0 Å². The maximum absolute atomic E-state index is 14.0. The minimum absolute atomic E-state index is 0.129. The van der Waals surface area contributed by atoms with E-state index >= 15 is 0 Å². The third-order valence-corrected chi connectivity index (χ3v) is 8.80. The Morgan fingerprint density at radius 2 is 1.86 bits per heavy atom. The molecular formula is C27H35F3N4O. The van der Waals surface area contributed by atoms with Crippen molar-refractivity contribution < 1.29 is 18.0 Å². The van der Waals surface area contributed by atoms with E-state index in [0.717, 1.165) is 56.8 Å².